The van der Waals surface area contributed by atoms with Gasteiger partial charge in [-0.15, -0.1) is 0 Å². The number of carbonyl (C=O) groups is 2. The van der Waals surface area contributed by atoms with Crippen molar-refractivity contribution in [2.24, 2.45) is 0 Å². The summed E-state index contributed by atoms with van der Waals surface area (Å²) in [5, 5.41) is -0.147. The van der Waals surface area contributed by atoms with Gasteiger partial charge in [0.05, 0.1) is 16.5 Å². The van der Waals surface area contributed by atoms with E-state index < -0.39 is 27.1 Å². The molecule has 0 N–H and O–H groups in total. The molecule has 0 spiro atoms. The van der Waals surface area contributed by atoms with E-state index in [1.165, 1.54) is 66.7 Å². The summed E-state index contributed by atoms with van der Waals surface area (Å²) in [6.45, 7) is -0.316. The molecule has 1 fully saturated rings. The molecule has 12 heteroatoms. The third-order valence-electron chi connectivity index (χ3n) is 4.81. The van der Waals surface area contributed by atoms with Crippen molar-refractivity contribution in [3.63, 3.8) is 0 Å². The fourth-order valence-corrected chi connectivity index (χ4v) is 5.48. The molecule has 1 aliphatic heterocycles. The van der Waals surface area contributed by atoms with Crippen LogP contribution in [0.15, 0.2) is 70.5 Å². The zero-order chi connectivity index (χ0) is 25.3. The number of halogens is 4. The third-order valence-corrected chi connectivity index (χ3v) is 7.86. The summed E-state index contributed by atoms with van der Waals surface area (Å²) in [7, 11) is -4.16. The number of hydrogen-bond donors (Lipinski definition) is 0. The van der Waals surface area contributed by atoms with E-state index in [2.05, 4.69) is 0 Å². The predicted octanol–water partition coefficient (Wildman–Crippen LogP) is 6.79. The summed E-state index contributed by atoms with van der Waals surface area (Å²) in [6, 6.07) is 13.7. The molecule has 1 aliphatic rings. The van der Waals surface area contributed by atoms with Gasteiger partial charge >= 0.3 is 10.1 Å². The Labute approximate surface area is 219 Å². The molecule has 0 unspecified atom stereocenters. The van der Waals surface area contributed by atoms with Gasteiger partial charge < -0.3 is 4.18 Å². The number of imide groups is 1. The Bertz CT molecular complexity index is 1460. The van der Waals surface area contributed by atoms with E-state index in [9.17, 15) is 22.4 Å². The minimum atomic E-state index is -4.16. The number of thioether (sulfide) groups is 1. The minimum Gasteiger partial charge on any atom is -0.377 e. The molecule has 0 saturated carbocycles. The van der Waals surface area contributed by atoms with Crippen LogP contribution < -0.4 is 4.18 Å². The lowest BCUT2D eigenvalue weighted by atomic mass is 10.2. The van der Waals surface area contributed by atoms with Gasteiger partial charge in [-0.3, -0.25) is 14.5 Å². The number of carbonyl (C=O) groups excluding carboxylic acids is 2. The molecular formula is C23H13Cl3FNO5S2. The van der Waals surface area contributed by atoms with Gasteiger partial charge in [-0.1, -0.05) is 46.9 Å². The number of amides is 2. The molecule has 0 aromatic heterocycles. The molecule has 0 radical (unpaired) electrons. The van der Waals surface area contributed by atoms with Crippen LogP contribution in [0.4, 0.5) is 9.18 Å². The standard InChI is InChI=1S/C23H13Cl3FNO5S2/c24-14-5-7-15(8-6-14)35(31,32)33-20-9-4-13(10-18(20)26)11-21-22(29)28(23(30)34-21)12-16-17(25)2-1-3-19(16)27/h1-11H,12H2/b21-11-. The Kier molecular flexibility index (Phi) is 7.44. The van der Waals surface area contributed by atoms with Crippen LogP contribution in [0.5, 0.6) is 5.75 Å². The average Bonchev–Trinajstić information content (AvgIpc) is 3.05. The molecule has 35 heavy (non-hydrogen) atoms. The Morgan fingerprint density at radius 1 is 0.971 bits per heavy atom. The zero-order valence-electron chi connectivity index (χ0n) is 17.4. The summed E-state index contributed by atoms with van der Waals surface area (Å²) >= 11 is 18.7. The highest BCUT2D eigenvalue weighted by Crippen LogP contribution is 2.36. The van der Waals surface area contributed by atoms with Crippen molar-refractivity contribution < 1.29 is 26.6 Å². The normalized spacial score (nSPS) is 15.2. The van der Waals surface area contributed by atoms with E-state index in [1.54, 1.807) is 0 Å². The number of benzene rings is 3. The first kappa shape index (κ1) is 25.5. The van der Waals surface area contributed by atoms with Gasteiger partial charge in [0, 0.05) is 15.6 Å². The molecule has 180 valence electrons. The van der Waals surface area contributed by atoms with Crippen molar-refractivity contribution in [3.8, 4) is 5.75 Å². The van der Waals surface area contributed by atoms with E-state index in [-0.39, 0.29) is 37.7 Å². The van der Waals surface area contributed by atoms with Crippen LogP contribution in [0, 0.1) is 5.82 Å². The minimum absolute atomic E-state index is 0.0316. The van der Waals surface area contributed by atoms with Crippen molar-refractivity contribution >= 4 is 73.9 Å². The highest BCUT2D eigenvalue weighted by atomic mass is 35.5. The molecule has 1 saturated heterocycles. The van der Waals surface area contributed by atoms with Crippen LogP contribution in [0.2, 0.25) is 15.1 Å². The van der Waals surface area contributed by atoms with E-state index in [4.69, 9.17) is 39.0 Å². The van der Waals surface area contributed by atoms with E-state index in [0.717, 1.165) is 4.90 Å². The maximum atomic E-state index is 14.1. The summed E-state index contributed by atoms with van der Waals surface area (Å²) in [5.41, 5.74) is 0.449. The van der Waals surface area contributed by atoms with Gasteiger partial charge in [0.25, 0.3) is 11.1 Å². The topological polar surface area (TPSA) is 80.8 Å². The summed E-state index contributed by atoms with van der Waals surface area (Å²) in [6.07, 6.45) is 1.41. The maximum Gasteiger partial charge on any atom is 0.339 e. The fourth-order valence-electron chi connectivity index (χ4n) is 3.07. The first-order chi connectivity index (χ1) is 16.5. The molecule has 3 aromatic rings. The van der Waals surface area contributed by atoms with Crippen LogP contribution in [0.1, 0.15) is 11.1 Å². The van der Waals surface area contributed by atoms with Gasteiger partial charge in [-0.25, -0.2) is 4.39 Å². The number of rotatable bonds is 6. The maximum absolute atomic E-state index is 14.1. The molecule has 0 atom stereocenters. The van der Waals surface area contributed by atoms with E-state index >= 15 is 0 Å². The monoisotopic (exact) mass is 571 g/mol. The number of nitrogens with zero attached hydrogens (tertiary/aromatic N) is 1. The lowest BCUT2D eigenvalue weighted by Crippen LogP contribution is -2.28. The lowest BCUT2D eigenvalue weighted by molar-refractivity contribution is -0.123. The predicted molar refractivity (Wildman–Crippen MR) is 134 cm³/mol. The van der Waals surface area contributed by atoms with Crippen molar-refractivity contribution in [2.75, 3.05) is 0 Å². The fraction of sp³-hybridized carbons (Fsp3) is 0.0435. The SMILES string of the molecule is O=C1S/C(=C\c2ccc(OS(=O)(=O)c3ccc(Cl)cc3)c(Cl)c2)C(=O)N1Cc1c(F)cccc1Cl. The van der Waals surface area contributed by atoms with Crippen LogP contribution in [-0.4, -0.2) is 24.5 Å². The molecule has 1 heterocycles. The summed E-state index contributed by atoms with van der Waals surface area (Å²) < 4.78 is 44.2. The number of hydrogen-bond acceptors (Lipinski definition) is 6. The quantitative estimate of drug-likeness (QED) is 0.239. The second-order valence-corrected chi connectivity index (χ2v) is 10.9. The first-order valence-electron chi connectivity index (χ1n) is 9.73. The highest BCUT2D eigenvalue weighted by molar-refractivity contribution is 8.18. The average molecular weight is 573 g/mol. The van der Waals surface area contributed by atoms with Crippen molar-refractivity contribution in [1.29, 1.82) is 0 Å². The summed E-state index contributed by atoms with van der Waals surface area (Å²) in [5.74, 6) is -1.38. The molecule has 3 aromatic carbocycles. The first-order valence-corrected chi connectivity index (χ1v) is 13.1. The van der Waals surface area contributed by atoms with Crippen molar-refractivity contribution in [1.82, 2.24) is 4.90 Å². The largest absolute Gasteiger partial charge is 0.377 e. The smallest absolute Gasteiger partial charge is 0.339 e. The lowest BCUT2D eigenvalue weighted by Gasteiger charge is -2.14. The third kappa shape index (κ3) is 5.65. The van der Waals surface area contributed by atoms with Crippen molar-refractivity contribution in [2.45, 2.75) is 11.4 Å². The highest BCUT2D eigenvalue weighted by Gasteiger charge is 2.36. The second-order valence-electron chi connectivity index (χ2n) is 7.15. The Hall–Kier alpha value is -2.56. The molecule has 0 bridgehead atoms. The molecule has 2 amide bonds. The van der Waals surface area contributed by atoms with Gasteiger partial charge in [0.2, 0.25) is 0 Å². The van der Waals surface area contributed by atoms with Crippen LogP contribution >= 0.6 is 46.6 Å². The van der Waals surface area contributed by atoms with Crippen LogP contribution in [-0.2, 0) is 21.5 Å². The Balaban J connectivity index is 1.53. The Morgan fingerprint density at radius 2 is 1.69 bits per heavy atom. The van der Waals surface area contributed by atoms with Gasteiger partial charge in [0.1, 0.15) is 10.7 Å². The second kappa shape index (κ2) is 10.2. The van der Waals surface area contributed by atoms with Crippen LogP contribution in [0.25, 0.3) is 6.08 Å². The van der Waals surface area contributed by atoms with Gasteiger partial charge in [-0.2, -0.15) is 8.42 Å². The molecule has 4 rings (SSSR count). The molecular weight excluding hydrogens is 560 g/mol. The van der Waals surface area contributed by atoms with E-state index in [0.29, 0.717) is 22.3 Å². The van der Waals surface area contributed by atoms with Crippen molar-refractivity contribution in [3.05, 3.63) is 97.6 Å². The molecule has 6 nitrogen and oxygen atoms in total. The zero-order valence-corrected chi connectivity index (χ0v) is 21.3. The Morgan fingerprint density at radius 3 is 2.34 bits per heavy atom. The van der Waals surface area contributed by atoms with Gasteiger partial charge in [0.15, 0.2) is 5.75 Å². The van der Waals surface area contributed by atoms with Crippen LogP contribution in [0.3, 0.4) is 0 Å². The summed E-state index contributed by atoms with van der Waals surface area (Å²) in [4.78, 5) is 26.0. The van der Waals surface area contributed by atoms with Gasteiger partial charge in [-0.05, 0) is 71.9 Å². The van der Waals surface area contributed by atoms with E-state index in [1.807, 2.05) is 0 Å². The molecule has 0 aliphatic carbocycles.